The van der Waals surface area contributed by atoms with E-state index in [4.69, 9.17) is 4.74 Å². The summed E-state index contributed by atoms with van der Waals surface area (Å²) < 4.78 is 17.7. The van der Waals surface area contributed by atoms with E-state index in [2.05, 4.69) is 0 Å². The van der Waals surface area contributed by atoms with Crippen LogP contribution in [-0.2, 0) is 16.4 Å². The topological polar surface area (TPSA) is 46.5 Å². The first-order valence-electron chi connectivity index (χ1n) is 7.47. The molecule has 2 aliphatic rings. The minimum Gasteiger partial charge on any atom is -0.494 e. The number of hydrogen-bond acceptors (Lipinski definition) is 3. The van der Waals surface area contributed by atoms with Crippen LogP contribution in [-0.4, -0.2) is 26.4 Å². The second kappa shape index (κ2) is 5.49. The molecular weight excluding hydrogens is 272 g/mol. The van der Waals surface area contributed by atoms with Gasteiger partial charge >= 0.3 is 0 Å². The van der Waals surface area contributed by atoms with Crippen molar-refractivity contribution in [2.24, 2.45) is 0 Å². The second-order valence-corrected chi connectivity index (χ2v) is 7.89. The molecule has 2 aliphatic heterocycles. The van der Waals surface area contributed by atoms with Gasteiger partial charge in [0.05, 0.1) is 12.2 Å². The zero-order valence-electron chi connectivity index (χ0n) is 11.9. The lowest BCUT2D eigenvalue weighted by molar-refractivity contribution is 0.00651. The molecule has 0 amide bonds. The molecule has 2 saturated heterocycles. The molecule has 0 spiro atoms. The Kier molecular flexibility index (Phi) is 3.87. The summed E-state index contributed by atoms with van der Waals surface area (Å²) in [5, 5.41) is 11.3. The fourth-order valence-corrected chi connectivity index (χ4v) is 5.77. The van der Waals surface area contributed by atoms with Gasteiger partial charge in [-0.15, -0.1) is 0 Å². The van der Waals surface area contributed by atoms with Gasteiger partial charge in [0.1, 0.15) is 5.75 Å². The molecule has 0 radical (unpaired) electrons. The van der Waals surface area contributed by atoms with Crippen molar-refractivity contribution in [3.05, 3.63) is 29.8 Å². The first-order valence-corrected chi connectivity index (χ1v) is 8.75. The number of ether oxygens (including phenoxy) is 1. The number of rotatable bonds is 3. The molecule has 3 rings (SSSR count). The molecule has 2 atom stereocenters. The summed E-state index contributed by atoms with van der Waals surface area (Å²) >= 11 is 0. The average molecular weight is 294 g/mol. The highest BCUT2D eigenvalue weighted by Gasteiger charge is 2.46. The summed E-state index contributed by atoms with van der Waals surface area (Å²) in [5.41, 5.74) is 0.128. The molecule has 2 bridgehead atoms. The Morgan fingerprint density at radius 3 is 2.40 bits per heavy atom. The second-order valence-electron chi connectivity index (χ2n) is 5.90. The minimum absolute atomic E-state index is 0.166. The van der Waals surface area contributed by atoms with E-state index in [1.807, 2.05) is 31.2 Å². The molecule has 1 aromatic carbocycles. The van der Waals surface area contributed by atoms with E-state index in [-0.39, 0.29) is 10.5 Å². The Labute approximate surface area is 122 Å². The molecule has 0 aromatic heterocycles. The van der Waals surface area contributed by atoms with Crippen molar-refractivity contribution in [1.82, 2.24) is 0 Å². The van der Waals surface area contributed by atoms with Gasteiger partial charge in [0.2, 0.25) is 0 Å². The molecule has 2 fully saturated rings. The summed E-state index contributed by atoms with van der Waals surface area (Å²) in [7, 11) is -0.748. The Morgan fingerprint density at radius 2 is 1.85 bits per heavy atom. The number of fused-ring (bicyclic) bond motifs is 2. The molecule has 2 heterocycles. The van der Waals surface area contributed by atoms with Gasteiger partial charge in [-0.1, -0.05) is 18.6 Å². The fraction of sp³-hybridized carbons (Fsp3) is 0.625. The SMILES string of the molecule is CCOc1ccc(C2(O)CC3CCCC(C2)S3=O)cc1. The number of hydrogen-bond donors (Lipinski definition) is 1. The van der Waals surface area contributed by atoms with Gasteiger partial charge in [-0.3, -0.25) is 4.21 Å². The monoisotopic (exact) mass is 294 g/mol. The summed E-state index contributed by atoms with van der Waals surface area (Å²) in [4.78, 5) is 0. The largest absolute Gasteiger partial charge is 0.494 e. The normalized spacial score (nSPS) is 36.6. The Bertz CT molecular complexity index is 481. The Hall–Kier alpha value is -0.870. The van der Waals surface area contributed by atoms with Crippen molar-refractivity contribution in [2.75, 3.05) is 6.61 Å². The van der Waals surface area contributed by atoms with Crippen LogP contribution >= 0.6 is 0 Å². The summed E-state index contributed by atoms with van der Waals surface area (Å²) in [6, 6.07) is 7.74. The summed E-state index contributed by atoms with van der Waals surface area (Å²) in [5.74, 6) is 0.833. The first kappa shape index (κ1) is 14.1. The van der Waals surface area contributed by atoms with Gasteiger partial charge in [0, 0.05) is 21.3 Å². The predicted molar refractivity (Wildman–Crippen MR) is 80.3 cm³/mol. The average Bonchev–Trinajstić information content (AvgIpc) is 2.42. The molecule has 0 saturated carbocycles. The molecular formula is C16H22O3S. The van der Waals surface area contributed by atoms with Crippen molar-refractivity contribution >= 4 is 10.8 Å². The van der Waals surface area contributed by atoms with E-state index in [0.29, 0.717) is 19.4 Å². The zero-order chi connectivity index (χ0) is 14.2. The van der Waals surface area contributed by atoms with Crippen LogP contribution in [0.1, 0.15) is 44.6 Å². The Balaban J connectivity index is 1.83. The highest BCUT2D eigenvalue weighted by atomic mass is 32.2. The standard InChI is InChI=1S/C16H22O3S/c1-2-19-13-8-6-12(7-9-13)16(17)10-14-4-3-5-15(11-16)20(14)18/h6-9,14-15,17H,2-5,10-11H2,1H3. The van der Waals surface area contributed by atoms with Crippen LogP contribution < -0.4 is 4.74 Å². The van der Waals surface area contributed by atoms with E-state index in [1.54, 1.807) is 0 Å². The summed E-state index contributed by atoms with van der Waals surface area (Å²) in [6.07, 6.45) is 4.39. The third-order valence-corrected chi connectivity index (χ3v) is 6.66. The molecule has 1 N–H and O–H groups in total. The van der Waals surface area contributed by atoms with Gasteiger partial charge in [-0.2, -0.15) is 0 Å². The van der Waals surface area contributed by atoms with Crippen molar-refractivity contribution in [1.29, 1.82) is 0 Å². The van der Waals surface area contributed by atoms with Gasteiger partial charge in [-0.05, 0) is 50.3 Å². The molecule has 2 unspecified atom stereocenters. The molecule has 0 aliphatic carbocycles. The highest BCUT2D eigenvalue weighted by molar-refractivity contribution is 7.86. The number of aliphatic hydroxyl groups is 1. The van der Waals surface area contributed by atoms with Crippen LogP contribution in [0.2, 0.25) is 0 Å². The predicted octanol–water partition coefficient (Wildman–Crippen LogP) is 2.74. The fourth-order valence-electron chi connectivity index (χ4n) is 3.55. The minimum atomic E-state index is -0.811. The maximum absolute atomic E-state index is 12.2. The zero-order valence-corrected chi connectivity index (χ0v) is 12.7. The van der Waals surface area contributed by atoms with Crippen LogP contribution in [0.5, 0.6) is 5.75 Å². The molecule has 20 heavy (non-hydrogen) atoms. The van der Waals surface area contributed by atoms with Crippen molar-refractivity contribution in [3.8, 4) is 5.75 Å². The van der Waals surface area contributed by atoms with Crippen LogP contribution in [0.25, 0.3) is 0 Å². The molecule has 3 nitrogen and oxygen atoms in total. The Morgan fingerprint density at radius 1 is 1.25 bits per heavy atom. The maximum Gasteiger partial charge on any atom is 0.119 e. The van der Waals surface area contributed by atoms with Crippen LogP contribution in [0, 0.1) is 0 Å². The smallest absolute Gasteiger partial charge is 0.119 e. The first-order chi connectivity index (χ1) is 9.62. The lowest BCUT2D eigenvalue weighted by atomic mass is 9.80. The number of benzene rings is 1. The summed E-state index contributed by atoms with van der Waals surface area (Å²) in [6.45, 7) is 2.60. The van der Waals surface area contributed by atoms with Gasteiger partial charge in [-0.25, -0.2) is 0 Å². The van der Waals surface area contributed by atoms with E-state index >= 15 is 0 Å². The van der Waals surface area contributed by atoms with Crippen LogP contribution in [0.3, 0.4) is 0 Å². The molecule has 4 heteroatoms. The third-order valence-electron chi connectivity index (χ3n) is 4.54. The maximum atomic E-state index is 12.2. The van der Waals surface area contributed by atoms with E-state index in [0.717, 1.165) is 30.6 Å². The molecule has 110 valence electrons. The van der Waals surface area contributed by atoms with E-state index in [1.165, 1.54) is 0 Å². The highest BCUT2D eigenvalue weighted by Crippen LogP contribution is 2.44. The lowest BCUT2D eigenvalue weighted by Gasteiger charge is -2.43. The van der Waals surface area contributed by atoms with Gasteiger partial charge in [0.25, 0.3) is 0 Å². The van der Waals surface area contributed by atoms with Gasteiger partial charge < -0.3 is 9.84 Å². The van der Waals surface area contributed by atoms with E-state index < -0.39 is 16.4 Å². The van der Waals surface area contributed by atoms with Crippen LogP contribution in [0.4, 0.5) is 0 Å². The van der Waals surface area contributed by atoms with Crippen molar-refractivity contribution in [2.45, 2.75) is 55.1 Å². The van der Waals surface area contributed by atoms with Crippen molar-refractivity contribution < 1.29 is 14.1 Å². The molecule has 1 aromatic rings. The lowest BCUT2D eigenvalue weighted by Crippen LogP contribution is -2.47. The quantitative estimate of drug-likeness (QED) is 0.932. The third kappa shape index (κ3) is 2.51. The van der Waals surface area contributed by atoms with Gasteiger partial charge in [0.15, 0.2) is 0 Å². The van der Waals surface area contributed by atoms with E-state index in [9.17, 15) is 9.32 Å². The van der Waals surface area contributed by atoms with Crippen molar-refractivity contribution in [3.63, 3.8) is 0 Å². The van der Waals surface area contributed by atoms with Crippen LogP contribution in [0.15, 0.2) is 24.3 Å².